The maximum absolute atomic E-state index is 12.3. The fourth-order valence-corrected chi connectivity index (χ4v) is 2.86. The SMILES string of the molecule is CC1CN(c2cnc3ccccc3n2)CCN1C(=O)OC(C)(C)C. The molecule has 1 aliphatic heterocycles. The molecule has 2 aromatic rings. The van der Waals surface area contributed by atoms with E-state index in [4.69, 9.17) is 9.72 Å². The molecule has 0 bridgehead atoms. The molecule has 0 N–H and O–H groups in total. The van der Waals surface area contributed by atoms with Crippen molar-refractivity contribution in [3.05, 3.63) is 30.5 Å². The summed E-state index contributed by atoms with van der Waals surface area (Å²) in [6.45, 7) is 9.74. The Morgan fingerprint density at radius 1 is 1.21 bits per heavy atom. The zero-order valence-corrected chi connectivity index (χ0v) is 14.7. The van der Waals surface area contributed by atoms with Crippen LogP contribution in [0, 0.1) is 0 Å². The first-order valence-corrected chi connectivity index (χ1v) is 8.30. The second-order valence-corrected chi connectivity index (χ2v) is 7.19. The van der Waals surface area contributed by atoms with Crippen LogP contribution < -0.4 is 4.90 Å². The van der Waals surface area contributed by atoms with Crippen molar-refractivity contribution in [2.45, 2.75) is 39.3 Å². The lowest BCUT2D eigenvalue weighted by molar-refractivity contribution is 0.0158. The Balaban J connectivity index is 1.71. The Hall–Kier alpha value is -2.37. The lowest BCUT2D eigenvalue weighted by atomic mass is 10.2. The summed E-state index contributed by atoms with van der Waals surface area (Å²) in [5, 5.41) is 0. The number of fused-ring (bicyclic) bond motifs is 1. The van der Waals surface area contributed by atoms with Crippen LogP contribution in [0.2, 0.25) is 0 Å². The van der Waals surface area contributed by atoms with Crippen molar-refractivity contribution < 1.29 is 9.53 Å². The fourth-order valence-electron chi connectivity index (χ4n) is 2.86. The van der Waals surface area contributed by atoms with Crippen molar-refractivity contribution in [1.29, 1.82) is 0 Å². The van der Waals surface area contributed by atoms with Gasteiger partial charge in [0.1, 0.15) is 11.4 Å². The molecule has 24 heavy (non-hydrogen) atoms. The number of anilines is 1. The maximum Gasteiger partial charge on any atom is 0.410 e. The summed E-state index contributed by atoms with van der Waals surface area (Å²) in [7, 11) is 0. The highest BCUT2D eigenvalue weighted by Gasteiger charge is 2.31. The topological polar surface area (TPSA) is 58.6 Å². The average molecular weight is 328 g/mol. The van der Waals surface area contributed by atoms with Gasteiger partial charge in [0, 0.05) is 25.7 Å². The minimum Gasteiger partial charge on any atom is -0.444 e. The third-order valence-corrected chi connectivity index (χ3v) is 4.02. The summed E-state index contributed by atoms with van der Waals surface area (Å²) in [5.41, 5.74) is 1.30. The molecule has 3 rings (SSSR count). The van der Waals surface area contributed by atoms with E-state index in [-0.39, 0.29) is 12.1 Å². The zero-order valence-electron chi connectivity index (χ0n) is 14.7. The van der Waals surface area contributed by atoms with Crippen LogP contribution in [0.1, 0.15) is 27.7 Å². The van der Waals surface area contributed by atoms with Crippen LogP contribution in [-0.2, 0) is 4.74 Å². The molecular formula is C18H24N4O2. The number of carbonyl (C=O) groups excluding carboxylic acids is 1. The Kier molecular flexibility index (Phi) is 4.30. The van der Waals surface area contributed by atoms with Gasteiger partial charge in [-0.15, -0.1) is 0 Å². The minimum atomic E-state index is -0.474. The maximum atomic E-state index is 12.3. The molecule has 0 spiro atoms. The van der Waals surface area contributed by atoms with E-state index < -0.39 is 5.60 Å². The number of carbonyl (C=O) groups is 1. The van der Waals surface area contributed by atoms with E-state index in [0.29, 0.717) is 13.1 Å². The molecular weight excluding hydrogens is 304 g/mol. The van der Waals surface area contributed by atoms with Crippen LogP contribution >= 0.6 is 0 Å². The molecule has 128 valence electrons. The van der Waals surface area contributed by atoms with E-state index in [1.807, 2.05) is 52.0 Å². The molecule has 1 amide bonds. The van der Waals surface area contributed by atoms with Crippen LogP contribution in [-0.4, -0.2) is 52.2 Å². The third-order valence-electron chi connectivity index (χ3n) is 4.02. The largest absolute Gasteiger partial charge is 0.444 e. The smallest absolute Gasteiger partial charge is 0.410 e. The van der Waals surface area contributed by atoms with Gasteiger partial charge in [0.05, 0.1) is 17.2 Å². The molecule has 1 aromatic carbocycles. The highest BCUT2D eigenvalue weighted by molar-refractivity contribution is 5.75. The van der Waals surface area contributed by atoms with Gasteiger partial charge >= 0.3 is 6.09 Å². The molecule has 6 heteroatoms. The van der Waals surface area contributed by atoms with Crippen molar-refractivity contribution in [1.82, 2.24) is 14.9 Å². The Morgan fingerprint density at radius 3 is 2.58 bits per heavy atom. The Morgan fingerprint density at radius 2 is 1.92 bits per heavy atom. The van der Waals surface area contributed by atoms with Crippen LogP contribution in [0.4, 0.5) is 10.6 Å². The second kappa shape index (κ2) is 6.26. The van der Waals surface area contributed by atoms with Crippen LogP contribution in [0.25, 0.3) is 11.0 Å². The lowest BCUT2D eigenvalue weighted by Gasteiger charge is -2.40. The number of benzene rings is 1. The molecule has 1 unspecified atom stereocenters. The predicted octanol–water partition coefficient (Wildman–Crippen LogP) is 3.08. The Bertz CT molecular complexity index is 741. The summed E-state index contributed by atoms with van der Waals surface area (Å²) in [6.07, 6.45) is 1.55. The summed E-state index contributed by atoms with van der Waals surface area (Å²) in [6, 6.07) is 7.89. The van der Waals surface area contributed by atoms with Crippen molar-refractivity contribution in [2.75, 3.05) is 24.5 Å². The van der Waals surface area contributed by atoms with E-state index in [1.54, 1.807) is 11.1 Å². The molecule has 1 atom stereocenters. The Labute approximate surface area is 142 Å². The quantitative estimate of drug-likeness (QED) is 0.805. The molecule has 0 radical (unpaired) electrons. The first-order chi connectivity index (χ1) is 11.3. The van der Waals surface area contributed by atoms with Gasteiger partial charge in [0.2, 0.25) is 0 Å². The molecule has 1 saturated heterocycles. The average Bonchev–Trinajstić information content (AvgIpc) is 2.52. The lowest BCUT2D eigenvalue weighted by Crippen LogP contribution is -2.55. The van der Waals surface area contributed by atoms with Crippen molar-refractivity contribution in [2.24, 2.45) is 0 Å². The van der Waals surface area contributed by atoms with Crippen LogP contribution in [0.15, 0.2) is 30.5 Å². The molecule has 1 aromatic heterocycles. The van der Waals surface area contributed by atoms with Gasteiger partial charge in [0.25, 0.3) is 0 Å². The molecule has 0 aliphatic carbocycles. The number of piperazine rings is 1. The van der Waals surface area contributed by atoms with Crippen molar-refractivity contribution in [3.8, 4) is 0 Å². The van der Waals surface area contributed by atoms with E-state index in [2.05, 4.69) is 9.88 Å². The van der Waals surface area contributed by atoms with E-state index in [9.17, 15) is 4.79 Å². The van der Waals surface area contributed by atoms with Crippen LogP contribution in [0.5, 0.6) is 0 Å². The summed E-state index contributed by atoms with van der Waals surface area (Å²) < 4.78 is 5.49. The standard InChI is InChI=1S/C18H24N4O2/c1-13-12-21(9-10-22(13)17(23)24-18(2,3)4)16-11-19-14-7-5-6-8-15(14)20-16/h5-8,11,13H,9-10,12H2,1-4H3. The highest BCUT2D eigenvalue weighted by atomic mass is 16.6. The van der Waals surface area contributed by atoms with Gasteiger partial charge < -0.3 is 14.5 Å². The van der Waals surface area contributed by atoms with Gasteiger partial charge in [-0.05, 0) is 39.8 Å². The third kappa shape index (κ3) is 3.58. The zero-order chi connectivity index (χ0) is 17.3. The van der Waals surface area contributed by atoms with Gasteiger partial charge in [-0.3, -0.25) is 4.98 Å². The van der Waals surface area contributed by atoms with Gasteiger partial charge in [0.15, 0.2) is 0 Å². The number of amides is 1. The summed E-state index contributed by atoms with van der Waals surface area (Å²) in [5.74, 6) is 0.851. The number of nitrogens with zero attached hydrogens (tertiary/aromatic N) is 4. The minimum absolute atomic E-state index is 0.0573. The summed E-state index contributed by atoms with van der Waals surface area (Å²) in [4.78, 5) is 25.4. The molecule has 0 saturated carbocycles. The number of hydrogen-bond donors (Lipinski definition) is 0. The molecule has 2 heterocycles. The number of aromatic nitrogens is 2. The number of para-hydroxylation sites is 2. The van der Waals surface area contributed by atoms with Gasteiger partial charge in [-0.25, -0.2) is 9.78 Å². The van der Waals surface area contributed by atoms with Gasteiger partial charge in [-0.2, -0.15) is 0 Å². The normalized spacial score (nSPS) is 18.8. The van der Waals surface area contributed by atoms with E-state index in [1.165, 1.54) is 0 Å². The van der Waals surface area contributed by atoms with E-state index >= 15 is 0 Å². The number of rotatable bonds is 1. The highest BCUT2D eigenvalue weighted by Crippen LogP contribution is 2.21. The fraction of sp³-hybridized carbons (Fsp3) is 0.500. The first-order valence-electron chi connectivity index (χ1n) is 8.30. The van der Waals surface area contributed by atoms with Crippen LogP contribution in [0.3, 0.4) is 0 Å². The molecule has 6 nitrogen and oxygen atoms in total. The van der Waals surface area contributed by atoms with Crippen molar-refractivity contribution in [3.63, 3.8) is 0 Å². The molecule has 1 aliphatic rings. The molecule has 1 fully saturated rings. The number of hydrogen-bond acceptors (Lipinski definition) is 5. The predicted molar refractivity (Wildman–Crippen MR) is 94.2 cm³/mol. The monoisotopic (exact) mass is 328 g/mol. The van der Waals surface area contributed by atoms with Gasteiger partial charge in [-0.1, -0.05) is 12.1 Å². The first kappa shape index (κ1) is 16.5. The van der Waals surface area contributed by atoms with E-state index in [0.717, 1.165) is 23.4 Å². The second-order valence-electron chi connectivity index (χ2n) is 7.19. The number of ether oxygens (including phenoxy) is 1. The van der Waals surface area contributed by atoms with Crippen molar-refractivity contribution >= 4 is 22.9 Å². The summed E-state index contributed by atoms with van der Waals surface area (Å²) >= 11 is 0.